The van der Waals surface area contributed by atoms with Crippen LogP contribution in [0.1, 0.15) is 29.0 Å². The van der Waals surface area contributed by atoms with Gasteiger partial charge in [-0.25, -0.2) is 0 Å². The van der Waals surface area contributed by atoms with E-state index in [4.69, 9.17) is 13.9 Å². The van der Waals surface area contributed by atoms with Gasteiger partial charge in [-0.05, 0) is 41.1 Å². The smallest absolute Gasteiger partial charge is 0.312 e. The molecule has 8 heteroatoms. The second-order valence-electron chi connectivity index (χ2n) is 9.61. The van der Waals surface area contributed by atoms with Crippen LogP contribution < -0.4 is 20.5 Å². The molecule has 7 rings (SSSR count). The summed E-state index contributed by atoms with van der Waals surface area (Å²) in [5.74, 6) is -0.902. The first-order valence-electron chi connectivity index (χ1n) is 12.3. The molecule has 0 bridgehead atoms. The third-order valence-electron chi connectivity index (χ3n) is 7.58. The van der Waals surface area contributed by atoms with Gasteiger partial charge in [-0.2, -0.15) is 0 Å². The Morgan fingerprint density at radius 3 is 2.66 bits per heavy atom. The topological polar surface area (TPSA) is 108 Å². The second-order valence-corrected chi connectivity index (χ2v) is 9.61. The van der Waals surface area contributed by atoms with Crippen molar-refractivity contribution >= 4 is 27.8 Å². The van der Waals surface area contributed by atoms with Crippen molar-refractivity contribution in [3.8, 4) is 28.4 Å². The van der Waals surface area contributed by atoms with Gasteiger partial charge in [0.05, 0.1) is 24.6 Å². The molecule has 8 nitrogen and oxygen atoms in total. The van der Waals surface area contributed by atoms with E-state index < -0.39 is 17.3 Å². The van der Waals surface area contributed by atoms with Crippen LogP contribution in [0.25, 0.3) is 33.0 Å². The number of ether oxygens (including phenoxy) is 2. The quantitative estimate of drug-likeness (QED) is 0.283. The molecular weight excluding hydrogens is 486 g/mol. The number of aryl methyl sites for hydroxylation is 2. The Morgan fingerprint density at radius 2 is 1.87 bits per heavy atom. The van der Waals surface area contributed by atoms with E-state index in [-0.39, 0.29) is 40.0 Å². The summed E-state index contributed by atoms with van der Waals surface area (Å²) in [6.45, 7) is 0.559. The molecule has 4 heterocycles. The largest absolute Gasteiger partial charge is 0.507 e. The molecule has 188 valence electrons. The number of methoxy groups -OCH3 is 1. The van der Waals surface area contributed by atoms with Crippen molar-refractivity contribution in [3.63, 3.8) is 0 Å². The number of aromatic nitrogens is 1. The summed E-state index contributed by atoms with van der Waals surface area (Å²) in [6, 6.07) is 15.9. The highest BCUT2D eigenvalue weighted by atomic mass is 16.5. The predicted molar refractivity (Wildman–Crippen MR) is 140 cm³/mol. The molecule has 0 unspecified atom stereocenters. The molecule has 0 aliphatic carbocycles. The van der Waals surface area contributed by atoms with Gasteiger partial charge >= 0.3 is 5.97 Å². The normalized spacial score (nSPS) is 16.0. The fraction of sp³-hybridized carbons (Fsp3) is 0.167. The summed E-state index contributed by atoms with van der Waals surface area (Å²) in [4.78, 5) is 39.9. The van der Waals surface area contributed by atoms with E-state index in [0.29, 0.717) is 29.0 Å². The Hall–Kier alpha value is -4.85. The number of para-hydroxylation sites is 1. The maximum absolute atomic E-state index is 13.7. The first kappa shape index (κ1) is 22.4. The molecule has 2 aliphatic heterocycles. The minimum atomic E-state index is -0.714. The van der Waals surface area contributed by atoms with Gasteiger partial charge in [0.25, 0.3) is 5.56 Å². The second kappa shape index (κ2) is 8.08. The summed E-state index contributed by atoms with van der Waals surface area (Å²) in [6.07, 6.45) is 2.00. The van der Waals surface area contributed by atoms with Crippen molar-refractivity contribution < 1.29 is 23.8 Å². The summed E-state index contributed by atoms with van der Waals surface area (Å²) in [5, 5.41) is 11.7. The van der Waals surface area contributed by atoms with Crippen LogP contribution >= 0.6 is 0 Å². The van der Waals surface area contributed by atoms with Crippen molar-refractivity contribution in [2.75, 3.05) is 7.11 Å². The Kier molecular flexibility index (Phi) is 4.75. The number of aromatic hydroxyl groups is 1. The highest BCUT2D eigenvalue weighted by Gasteiger charge is 2.36. The van der Waals surface area contributed by atoms with Crippen LogP contribution in [0.5, 0.6) is 17.2 Å². The number of fused-ring (bicyclic) bond motifs is 3. The number of carbonyl (C=O) groups excluding carboxylic acids is 1. The highest BCUT2D eigenvalue weighted by Crippen LogP contribution is 2.45. The molecule has 0 amide bonds. The SMILES string of the molecule is COc1ccc(-c2coc3c4c(cc(O)c3c2=O)OC(=O)C[C@H]4c2cc3cccc4c3n(c2=O)CC4)cc1. The zero-order chi connectivity index (χ0) is 26.1. The lowest BCUT2D eigenvalue weighted by molar-refractivity contribution is -0.135. The van der Waals surface area contributed by atoms with Crippen LogP contribution in [0.4, 0.5) is 0 Å². The van der Waals surface area contributed by atoms with Crippen molar-refractivity contribution in [1.29, 1.82) is 0 Å². The van der Waals surface area contributed by atoms with Crippen LogP contribution in [-0.4, -0.2) is 22.8 Å². The predicted octanol–water partition coefficient (Wildman–Crippen LogP) is 4.49. The molecule has 5 aromatic rings. The number of esters is 1. The number of pyridine rings is 1. The summed E-state index contributed by atoms with van der Waals surface area (Å²) in [5.41, 5.74) is 3.15. The third-order valence-corrected chi connectivity index (χ3v) is 7.58. The Morgan fingerprint density at radius 1 is 1.05 bits per heavy atom. The number of hydrogen-bond donors (Lipinski definition) is 1. The van der Waals surface area contributed by atoms with Gasteiger partial charge in [0, 0.05) is 29.7 Å². The van der Waals surface area contributed by atoms with Crippen LogP contribution in [-0.2, 0) is 17.8 Å². The van der Waals surface area contributed by atoms with Crippen LogP contribution in [0.15, 0.2) is 74.9 Å². The van der Waals surface area contributed by atoms with Gasteiger partial charge in [-0.3, -0.25) is 14.4 Å². The fourth-order valence-corrected chi connectivity index (χ4v) is 5.81. The van der Waals surface area contributed by atoms with Gasteiger partial charge in [0.15, 0.2) is 0 Å². The zero-order valence-corrected chi connectivity index (χ0v) is 20.3. The first-order valence-corrected chi connectivity index (χ1v) is 12.3. The number of phenolic OH excluding ortho intramolecular Hbond substituents is 1. The molecule has 2 aliphatic rings. The molecule has 1 N–H and O–H groups in total. The average Bonchev–Trinajstić information content (AvgIpc) is 3.36. The van der Waals surface area contributed by atoms with Gasteiger partial charge in [0.2, 0.25) is 5.43 Å². The fourth-order valence-electron chi connectivity index (χ4n) is 5.81. The molecule has 3 aromatic carbocycles. The molecule has 2 aromatic heterocycles. The Balaban J connectivity index is 1.48. The van der Waals surface area contributed by atoms with E-state index in [1.54, 1.807) is 35.9 Å². The highest BCUT2D eigenvalue weighted by molar-refractivity contribution is 5.94. The van der Waals surface area contributed by atoms with Crippen molar-refractivity contribution in [2.24, 2.45) is 0 Å². The lowest BCUT2D eigenvalue weighted by atomic mass is 9.85. The van der Waals surface area contributed by atoms with Crippen molar-refractivity contribution in [3.05, 3.63) is 98.1 Å². The van der Waals surface area contributed by atoms with E-state index in [1.807, 2.05) is 24.3 Å². The summed E-state index contributed by atoms with van der Waals surface area (Å²) in [7, 11) is 1.55. The standard InChI is InChI=1S/C30H21NO7/c1-36-18-7-5-15(6-8-18)21-14-37-29-25-19(12-24(33)38-23(25)13-22(32)26(29)28(21)34)20-11-17-4-2-3-16-9-10-31(27(16)17)30(20)35/h2-8,11,13-14,19,32H,9-10,12H2,1H3/t19-/m0/s1. The zero-order valence-electron chi connectivity index (χ0n) is 20.3. The molecule has 0 fully saturated rings. The Bertz CT molecular complexity index is 1930. The first-order chi connectivity index (χ1) is 18.4. The van der Waals surface area contributed by atoms with E-state index in [1.165, 1.54) is 12.3 Å². The van der Waals surface area contributed by atoms with Crippen LogP contribution in [0.2, 0.25) is 0 Å². The minimum Gasteiger partial charge on any atom is -0.507 e. The Labute approximate surface area is 215 Å². The number of nitrogens with zero attached hydrogens (tertiary/aromatic N) is 1. The number of carbonyl (C=O) groups is 1. The van der Waals surface area contributed by atoms with Crippen LogP contribution in [0.3, 0.4) is 0 Å². The molecule has 1 atom stereocenters. The van der Waals surface area contributed by atoms with Gasteiger partial charge < -0.3 is 23.6 Å². The lowest BCUT2D eigenvalue weighted by Gasteiger charge is -2.26. The van der Waals surface area contributed by atoms with E-state index >= 15 is 0 Å². The molecule has 38 heavy (non-hydrogen) atoms. The van der Waals surface area contributed by atoms with E-state index in [0.717, 1.165) is 22.9 Å². The monoisotopic (exact) mass is 507 g/mol. The van der Waals surface area contributed by atoms with Crippen LogP contribution in [0, 0.1) is 0 Å². The maximum Gasteiger partial charge on any atom is 0.312 e. The maximum atomic E-state index is 13.7. The molecule has 0 spiro atoms. The third kappa shape index (κ3) is 3.13. The van der Waals surface area contributed by atoms with E-state index in [2.05, 4.69) is 0 Å². The van der Waals surface area contributed by atoms with Gasteiger partial charge in [-0.1, -0.05) is 30.3 Å². The molecule has 0 saturated carbocycles. The molecule has 0 radical (unpaired) electrons. The summed E-state index contributed by atoms with van der Waals surface area (Å²) >= 11 is 0. The molecular formula is C30H21NO7. The average molecular weight is 507 g/mol. The number of hydrogen-bond acceptors (Lipinski definition) is 7. The minimum absolute atomic E-state index is 0.0345. The summed E-state index contributed by atoms with van der Waals surface area (Å²) < 4.78 is 18.4. The van der Waals surface area contributed by atoms with Crippen molar-refractivity contribution in [2.45, 2.75) is 25.3 Å². The number of rotatable bonds is 3. The number of benzene rings is 3. The van der Waals surface area contributed by atoms with Crippen molar-refractivity contribution in [1.82, 2.24) is 4.57 Å². The lowest BCUT2D eigenvalue weighted by Crippen LogP contribution is -2.29. The van der Waals surface area contributed by atoms with Gasteiger partial charge in [-0.15, -0.1) is 0 Å². The number of phenols is 1. The van der Waals surface area contributed by atoms with E-state index in [9.17, 15) is 19.5 Å². The van der Waals surface area contributed by atoms with Gasteiger partial charge in [0.1, 0.15) is 34.5 Å². The molecule has 0 saturated heterocycles.